The maximum atomic E-state index is 12.4. The maximum absolute atomic E-state index is 12.4. The lowest BCUT2D eigenvalue weighted by atomic mass is 10.1. The van der Waals surface area contributed by atoms with E-state index in [4.69, 9.17) is 4.74 Å². The molecule has 1 aromatic carbocycles. The first kappa shape index (κ1) is 18.7. The Bertz CT molecular complexity index is 1040. The van der Waals surface area contributed by atoms with Crippen LogP contribution in [0, 0.1) is 20.8 Å². The van der Waals surface area contributed by atoms with Crippen molar-refractivity contribution in [3.8, 4) is 0 Å². The minimum absolute atomic E-state index is 0.00608. The maximum Gasteiger partial charge on any atom is 0.350 e. The number of nitrogens with one attached hydrogen (secondary N) is 1. The molecule has 2 aromatic heterocycles. The van der Waals surface area contributed by atoms with E-state index in [1.165, 1.54) is 10.8 Å². The Morgan fingerprint density at radius 2 is 2.04 bits per heavy atom. The van der Waals surface area contributed by atoms with Gasteiger partial charge in [0.15, 0.2) is 5.13 Å². The fourth-order valence-corrected chi connectivity index (χ4v) is 3.35. The standard InChI is InChI=1S/C18H19N5O3S/c1-5-6-26-17(25)16-12(4)19-18(27-16)20-15(24)9-23-14-8-11(3)10(2)7-13(14)21-22-23/h5,7-8H,1,6,9H2,2-4H3,(H,19,20,24). The van der Waals surface area contributed by atoms with E-state index in [9.17, 15) is 9.59 Å². The third-order valence-electron chi connectivity index (χ3n) is 3.98. The minimum Gasteiger partial charge on any atom is -0.457 e. The summed E-state index contributed by atoms with van der Waals surface area (Å²) < 4.78 is 6.55. The number of esters is 1. The third-order valence-corrected chi connectivity index (χ3v) is 5.04. The Hall–Kier alpha value is -3.07. The summed E-state index contributed by atoms with van der Waals surface area (Å²) in [5.41, 5.74) is 4.25. The summed E-state index contributed by atoms with van der Waals surface area (Å²) in [6.45, 7) is 9.30. The number of aromatic nitrogens is 4. The van der Waals surface area contributed by atoms with Crippen LogP contribution < -0.4 is 5.32 Å². The van der Waals surface area contributed by atoms with Crippen LogP contribution in [0.3, 0.4) is 0 Å². The monoisotopic (exact) mass is 385 g/mol. The highest BCUT2D eigenvalue weighted by Crippen LogP contribution is 2.23. The molecule has 0 radical (unpaired) electrons. The number of hydrogen-bond donors (Lipinski definition) is 1. The average molecular weight is 385 g/mol. The number of carbonyl (C=O) groups excluding carboxylic acids is 2. The highest BCUT2D eigenvalue weighted by atomic mass is 32.1. The zero-order valence-electron chi connectivity index (χ0n) is 15.3. The summed E-state index contributed by atoms with van der Waals surface area (Å²) >= 11 is 1.07. The average Bonchev–Trinajstić information content (AvgIpc) is 3.16. The Labute approximate surface area is 159 Å². The molecule has 0 aliphatic carbocycles. The fraction of sp³-hybridized carbons (Fsp3) is 0.278. The van der Waals surface area contributed by atoms with Gasteiger partial charge in [0.2, 0.25) is 5.91 Å². The number of rotatable bonds is 6. The molecule has 8 nitrogen and oxygen atoms in total. The Morgan fingerprint density at radius 3 is 2.78 bits per heavy atom. The first-order valence-electron chi connectivity index (χ1n) is 8.24. The van der Waals surface area contributed by atoms with Crippen molar-refractivity contribution in [1.29, 1.82) is 0 Å². The van der Waals surface area contributed by atoms with Gasteiger partial charge in [0.25, 0.3) is 0 Å². The van der Waals surface area contributed by atoms with Crippen molar-refractivity contribution in [3.63, 3.8) is 0 Å². The van der Waals surface area contributed by atoms with Crippen molar-refractivity contribution in [2.75, 3.05) is 11.9 Å². The number of ether oxygens (including phenoxy) is 1. The molecule has 0 atom stereocenters. The van der Waals surface area contributed by atoms with E-state index in [1.54, 1.807) is 6.92 Å². The van der Waals surface area contributed by atoms with E-state index in [-0.39, 0.29) is 19.1 Å². The molecule has 0 unspecified atom stereocenters. The van der Waals surface area contributed by atoms with Crippen LogP contribution in [-0.4, -0.2) is 38.5 Å². The lowest BCUT2D eigenvalue weighted by Crippen LogP contribution is -2.19. The summed E-state index contributed by atoms with van der Waals surface area (Å²) in [5, 5.41) is 11.2. The summed E-state index contributed by atoms with van der Waals surface area (Å²) in [7, 11) is 0. The second-order valence-corrected chi connectivity index (χ2v) is 7.04. The number of thiazole rings is 1. The number of carbonyl (C=O) groups is 2. The number of aryl methyl sites for hydroxylation is 3. The zero-order chi connectivity index (χ0) is 19.6. The molecule has 27 heavy (non-hydrogen) atoms. The molecular formula is C18H19N5O3S. The topological polar surface area (TPSA) is 99.0 Å². The quantitative estimate of drug-likeness (QED) is 0.517. The third kappa shape index (κ3) is 4.03. The minimum atomic E-state index is -0.487. The van der Waals surface area contributed by atoms with Crippen LogP contribution in [0.15, 0.2) is 24.8 Å². The van der Waals surface area contributed by atoms with Gasteiger partial charge < -0.3 is 10.1 Å². The van der Waals surface area contributed by atoms with Gasteiger partial charge in [-0.1, -0.05) is 29.2 Å². The molecule has 1 N–H and O–H groups in total. The fourth-order valence-electron chi connectivity index (χ4n) is 2.47. The lowest BCUT2D eigenvalue weighted by Gasteiger charge is -2.04. The first-order valence-corrected chi connectivity index (χ1v) is 9.06. The van der Waals surface area contributed by atoms with Crippen LogP contribution >= 0.6 is 11.3 Å². The van der Waals surface area contributed by atoms with Crippen LogP contribution in [0.25, 0.3) is 11.0 Å². The molecule has 0 spiro atoms. The summed E-state index contributed by atoms with van der Waals surface area (Å²) in [6.07, 6.45) is 1.49. The summed E-state index contributed by atoms with van der Waals surface area (Å²) in [4.78, 5) is 28.9. The highest BCUT2D eigenvalue weighted by molar-refractivity contribution is 7.17. The van der Waals surface area contributed by atoms with Gasteiger partial charge in [0.1, 0.15) is 23.5 Å². The van der Waals surface area contributed by atoms with E-state index in [0.717, 1.165) is 33.5 Å². The molecule has 1 amide bonds. The number of amides is 1. The molecule has 140 valence electrons. The van der Waals surface area contributed by atoms with Crippen molar-refractivity contribution in [2.45, 2.75) is 27.3 Å². The number of fused-ring (bicyclic) bond motifs is 1. The van der Waals surface area contributed by atoms with E-state index in [2.05, 4.69) is 27.2 Å². The van der Waals surface area contributed by atoms with Gasteiger partial charge in [-0.3, -0.25) is 4.79 Å². The molecule has 0 aliphatic heterocycles. The molecule has 0 aliphatic rings. The van der Waals surface area contributed by atoms with Crippen molar-refractivity contribution < 1.29 is 14.3 Å². The van der Waals surface area contributed by atoms with Crippen LogP contribution in [0.4, 0.5) is 5.13 Å². The Balaban J connectivity index is 1.72. The molecule has 2 heterocycles. The Morgan fingerprint density at radius 1 is 1.30 bits per heavy atom. The molecule has 0 saturated carbocycles. The zero-order valence-corrected chi connectivity index (χ0v) is 16.1. The first-order chi connectivity index (χ1) is 12.9. The molecule has 9 heteroatoms. The van der Waals surface area contributed by atoms with Gasteiger partial charge in [-0.15, -0.1) is 5.10 Å². The summed E-state index contributed by atoms with van der Waals surface area (Å²) in [6, 6.07) is 3.90. The van der Waals surface area contributed by atoms with Crippen LogP contribution in [0.1, 0.15) is 26.5 Å². The molecule has 0 fully saturated rings. The highest BCUT2D eigenvalue weighted by Gasteiger charge is 2.18. The number of hydrogen-bond acceptors (Lipinski definition) is 7. The largest absolute Gasteiger partial charge is 0.457 e. The number of benzene rings is 1. The van der Waals surface area contributed by atoms with Gasteiger partial charge in [0.05, 0.1) is 11.2 Å². The van der Waals surface area contributed by atoms with Gasteiger partial charge in [-0.25, -0.2) is 14.5 Å². The molecule has 3 rings (SSSR count). The van der Waals surface area contributed by atoms with Gasteiger partial charge >= 0.3 is 5.97 Å². The predicted octanol–water partition coefficient (Wildman–Crippen LogP) is 2.79. The normalized spacial score (nSPS) is 10.8. The van der Waals surface area contributed by atoms with Gasteiger partial charge in [-0.2, -0.15) is 0 Å². The van der Waals surface area contributed by atoms with E-state index < -0.39 is 5.97 Å². The van der Waals surface area contributed by atoms with Crippen molar-refractivity contribution in [1.82, 2.24) is 20.0 Å². The summed E-state index contributed by atoms with van der Waals surface area (Å²) in [5.74, 6) is -0.793. The van der Waals surface area contributed by atoms with Crippen molar-refractivity contribution in [3.05, 3.63) is 46.5 Å². The molecule has 3 aromatic rings. The SMILES string of the molecule is C=CCOC(=O)c1sc(NC(=O)Cn2nnc3cc(C)c(C)cc32)nc1C. The smallest absolute Gasteiger partial charge is 0.350 e. The van der Waals surface area contributed by atoms with Crippen LogP contribution in [0.2, 0.25) is 0 Å². The second kappa shape index (κ2) is 7.67. The van der Waals surface area contributed by atoms with E-state index >= 15 is 0 Å². The second-order valence-electron chi connectivity index (χ2n) is 6.04. The van der Waals surface area contributed by atoms with E-state index in [1.807, 2.05) is 26.0 Å². The number of anilines is 1. The van der Waals surface area contributed by atoms with Gasteiger partial charge in [0, 0.05) is 0 Å². The molecule has 0 saturated heterocycles. The van der Waals surface area contributed by atoms with E-state index in [0.29, 0.717) is 15.7 Å². The van der Waals surface area contributed by atoms with Crippen molar-refractivity contribution in [2.24, 2.45) is 0 Å². The van der Waals surface area contributed by atoms with Crippen LogP contribution in [-0.2, 0) is 16.1 Å². The number of nitrogens with zero attached hydrogens (tertiary/aromatic N) is 4. The van der Waals surface area contributed by atoms with Gasteiger partial charge in [-0.05, 0) is 44.0 Å². The lowest BCUT2D eigenvalue weighted by molar-refractivity contribution is -0.116. The Kier molecular flexibility index (Phi) is 5.31. The van der Waals surface area contributed by atoms with Crippen molar-refractivity contribution >= 4 is 39.4 Å². The van der Waals surface area contributed by atoms with Crippen LogP contribution in [0.5, 0.6) is 0 Å². The molecule has 0 bridgehead atoms. The predicted molar refractivity (Wildman–Crippen MR) is 103 cm³/mol. The molecular weight excluding hydrogens is 366 g/mol.